The Kier molecular flexibility index (Phi) is 7.96. The fourth-order valence-electron chi connectivity index (χ4n) is 4.69. The van der Waals surface area contributed by atoms with Gasteiger partial charge in [0.15, 0.2) is 0 Å². The number of amides is 1. The minimum Gasteiger partial charge on any atom is -0.507 e. The number of Topliss-reactive ketones (excluding diaryl/α,β-unsaturated/α-hetero) is 1. The quantitative estimate of drug-likeness (QED) is 0.192. The first-order valence-corrected chi connectivity index (χ1v) is 13.1. The molecule has 0 bridgehead atoms. The van der Waals surface area contributed by atoms with Gasteiger partial charge in [-0.15, -0.1) is 0 Å². The summed E-state index contributed by atoms with van der Waals surface area (Å²) in [5.74, 6) is -1.43. The van der Waals surface area contributed by atoms with Gasteiger partial charge in [0.1, 0.15) is 5.76 Å². The van der Waals surface area contributed by atoms with Crippen molar-refractivity contribution in [3.63, 3.8) is 0 Å². The molecule has 1 aliphatic heterocycles. The van der Waals surface area contributed by atoms with Crippen LogP contribution in [-0.2, 0) is 9.59 Å². The van der Waals surface area contributed by atoms with Crippen LogP contribution in [0.1, 0.15) is 56.3 Å². The van der Waals surface area contributed by atoms with Gasteiger partial charge in [0, 0.05) is 30.0 Å². The highest BCUT2D eigenvalue weighted by Crippen LogP contribution is 2.43. The van der Waals surface area contributed by atoms with Crippen LogP contribution in [0.25, 0.3) is 5.76 Å². The first kappa shape index (κ1) is 26.8. The zero-order valence-electron chi connectivity index (χ0n) is 21.3. The number of benzene rings is 3. The Morgan fingerprint density at radius 3 is 2.08 bits per heavy atom. The van der Waals surface area contributed by atoms with Crippen LogP contribution >= 0.6 is 23.2 Å². The smallest absolute Gasteiger partial charge is 0.300 e. The van der Waals surface area contributed by atoms with Crippen molar-refractivity contribution in [2.24, 2.45) is 0 Å². The first-order chi connectivity index (χ1) is 17.7. The van der Waals surface area contributed by atoms with Gasteiger partial charge in [0.2, 0.25) is 0 Å². The maximum atomic E-state index is 13.4. The van der Waals surface area contributed by atoms with E-state index in [-0.39, 0.29) is 16.4 Å². The van der Waals surface area contributed by atoms with E-state index >= 15 is 0 Å². The van der Waals surface area contributed by atoms with Crippen LogP contribution in [0.15, 0.2) is 72.3 Å². The second-order valence-corrected chi connectivity index (χ2v) is 10.1. The molecule has 0 saturated carbocycles. The lowest BCUT2D eigenvalue weighted by molar-refractivity contribution is -0.132. The molecule has 1 aliphatic rings. The summed E-state index contributed by atoms with van der Waals surface area (Å²) in [7, 11) is 0. The minimum absolute atomic E-state index is 0.00640. The van der Waals surface area contributed by atoms with Crippen molar-refractivity contribution in [2.75, 3.05) is 22.9 Å². The summed E-state index contributed by atoms with van der Waals surface area (Å²) in [5, 5.41) is 11.9. The number of aliphatic hydroxyl groups is 1. The van der Waals surface area contributed by atoms with E-state index in [2.05, 4.69) is 32.6 Å². The molecule has 5 nitrogen and oxygen atoms in total. The van der Waals surface area contributed by atoms with Crippen LogP contribution < -0.4 is 9.80 Å². The Balaban J connectivity index is 1.89. The molecule has 1 saturated heterocycles. The van der Waals surface area contributed by atoms with Crippen molar-refractivity contribution in [3.8, 4) is 0 Å². The molecule has 3 aromatic carbocycles. The van der Waals surface area contributed by atoms with Crippen LogP contribution in [0.5, 0.6) is 0 Å². The number of anilines is 2. The molecule has 0 spiro atoms. The normalized spacial score (nSPS) is 17.1. The molecule has 37 heavy (non-hydrogen) atoms. The zero-order valence-corrected chi connectivity index (χ0v) is 22.8. The van der Waals surface area contributed by atoms with Crippen molar-refractivity contribution in [2.45, 2.75) is 39.7 Å². The predicted molar refractivity (Wildman–Crippen MR) is 152 cm³/mol. The number of nitrogens with zero attached hydrogens (tertiary/aromatic N) is 2. The van der Waals surface area contributed by atoms with E-state index in [9.17, 15) is 14.7 Å². The molecule has 1 heterocycles. The van der Waals surface area contributed by atoms with E-state index in [1.54, 1.807) is 12.1 Å². The van der Waals surface area contributed by atoms with Crippen molar-refractivity contribution in [1.29, 1.82) is 0 Å². The molecule has 1 amide bonds. The molecule has 192 valence electrons. The number of hydrogen-bond acceptors (Lipinski definition) is 4. The molecule has 4 rings (SSSR count). The fourth-order valence-corrected chi connectivity index (χ4v) is 4.99. The average molecular weight is 537 g/mol. The van der Waals surface area contributed by atoms with Gasteiger partial charge in [-0.25, -0.2) is 0 Å². The van der Waals surface area contributed by atoms with Gasteiger partial charge in [0.25, 0.3) is 11.7 Å². The largest absolute Gasteiger partial charge is 0.507 e. The topological polar surface area (TPSA) is 60.9 Å². The molecule has 1 N–H and O–H groups in total. The molecular formula is C30H30Cl2N2O3. The summed E-state index contributed by atoms with van der Waals surface area (Å²) in [5.41, 5.74) is 3.77. The van der Waals surface area contributed by atoms with Crippen molar-refractivity contribution in [3.05, 3.63) is 99.0 Å². The number of carbonyl (C=O) groups is 2. The number of halogens is 2. The predicted octanol–water partition coefficient (Wildman–Crippen LogP) is 7.59. The van der Waals surface area contributed by atoms with E-state index in [0.717, 1.165) is 24.3 Å². The van der Waals surface area contributed by atoms with Gasteiger partial charge >= 0.3 is 0 Å². The zero-order chi connectivity index (χ0) is 26.9. The van der Waals surface area contributed by atoms with Gasteiger partial charge in [-0.2, -0.15) is 0 Å². The number of aliphatic hydroxyl groups excluding tert-OH is 1. The fraction of sp³-hybridized carbons (Fsp3) is 0.267. The third-order valence-electron chi connectivity index (χ3n) is 6.81. The second kappa shape index (κ2) is 11.0. The highest BCUT2D eigenvalue weighted by Gasteiger charge is 2.47. The van der Waals surface area contributed by atoms with Gasteiger partial charge in [-0.05, 0) is 73.4 Å². The molecule has 0 radical (unpaired) electrons. The Hall–Kier alpha value is -3.28. The second-order valence-electron chi connectivity index (χ2n) is 9.31. The van der Waals surface area contributed by atoms with E-state index in [0.29, 0.717) is 27.8 Å². The third-order valence-corrected chi connectivity index (χ3v) is 7.55. The average Bonchev–Trinajstić information content (AvgIpc) is 3.16. The molecule has 1 fully saturated rings. The molecular weight excluding hydrogens is 507 g/mol. The molecule has 7 heteroatoms. The van der Waals surface area contributed by atoms with Gasteiger partial charge in [-0.1, -0.05) is 61.3 Å². The van der Waals surface area contributed by atoms with E-state index in [1.165, 1.54) is 11.0 Å². The summed E-state index contributed by atoms with van der Waals surface area (Å²) in [6, 6.07) is 19.2. The van der Waals surface area contributed by atoms with E-state index in [1.807, 2.05) is 48.5 Å². The Bertz CT molecular complexity index is 1340. The number of ketones is 1. The summed E-state index contributed by atoms with van der Waals surface area (Å²) in [4.78, 5) is 30.5. The summed E-state index contributed by atoms with van der Waals surface area (Å²) < 4.78 is 0. The molecule has 3 aromatic rings. The van der Waals surface area contributed by atoms with Crippen LogP contribution in [0, 0.1) is 0 Å². The van der Waals surface area contributed by atoms with E-state index in [4.69, 9.17) is 23.2 Å². The lowest BCUT2D eigenvalue weighted by Crippen LogP contribution is -2.29. The van der Waals surface area contributed by atoms with Crippen LogP contribution in [0.3, 0.4) is 0 Å². The summed E-state index contributed by atoms with van der Waals surface area (Å²) >= 11 is 12.3. The molecule has 0 aromatic heterocycles. The highest BCUT2D eigenvalue weighted by atomic mass is 35.5. The van der Waals surface area contributed by atoms with Crippen molar-refractivity contribution >= 4 is 52.0 Å². The first-order valence-electron chi connectivity index (χ1n) is 12.4. The standard InChI is InChI=1S/C30H30Cl2N2O3/c1-5-33(6-2)22-12-9-20(10-13-22)27-26(28(35)21-11-16-24(31)25(32)17-21)29(36)30(37)34(27)23-14-7-19(8-15-23)18(3)4/h7-18,27,35H,5-6H2,1-4H3/b28-26-. The van der Waals surface area contributed by atoms with Crippen LogP contribution in [0.4, 0.5) is 11.4 Å². The highest BCUT2D eigenvalue weighted by molar-refractivity contribution is 6.51. The number of rotatable bonds is 7. The number of carbonyl (C=O) groups excluding carboxylic acids is 2. The lowest BCUT2D eigenvalue weighted by Gasteiger charge is -2.27. The molecule has 1 atom stereocenters. The molecule has 1 unspecified atom stereocenters. The van der Waals surface area contributed by atoms with Gasteiger partial charge < -0.3 is 10.0 Å². The lowest BCUT2D eigenvalue weighted by atomic mass is 9.94. The van der Waals surface area contributed by atoms with Crippen molar-refractivity contribution in [1.82, 2.24) is 0 Å². The Morgan fingerprint density at radius 2 is 1.54 bits per heavy atom. The van der Waals surface area contributed by atoms with Crippen LogP contribution in [0.2, 0.25) is 10.0 Å². The maximum Gasteiger partial charge on any atom is 0.300 e. The monoisotopic (exact) mass is 536 g/mol. The van der Waals surface area contributed by atoms with Crippen molar-refractivity contribution < 1.29 is 14.7 Å². The molecule has 0 aliphatic carbocycles. The minimum atomic E-state index is -0.815. The van der Waals surface area contributed by atoms with Gasteiger partial charge in [-0.3, -0.25) is 14.5 Å². The third kappa shape index (κ3) is 5.11. The SMILES string of the molecule is CCN(CC)c1ccc(C2/C(=C(/O)c3ccc(Cl)c(Cl)c3)C(=O)C(=O)N2c2ccc(C(C)C)cc2)cc1. The van der Waals surface area contributed by atoms with Gasteiger partial charge in [0.05, 0.1) is 21.7 Å². The summed E-state index contributed by atoms with van der Waals surface area (Å²) in [6.07, 6.45) is 0. The van der Waals surface area contributed by atoms with Crippen LogP contribution in [-0.4, -0.2) is 29.9 Å². The maximum absolute atomic E-state index is 13.4. The Labute approximate surface area is 227 Å². The van der Waals surface area contributed by atoms with E-state index < -0.39 is 17.7 Å². The Morgan fingerprint density at radius 1 is 0.919 bits per heavy atom. The number of hydrogen-bond donors (Lipinski definition) is 1. The summed E-state index contributed by atoms with van der Waals surface area (Å²) in [6.45, 7) is 10.1.